The van der Waals surface area contributed by atoms with Crippen LogP contribution in [0.3, 0.4) is 0 Å². The molecule has 0 amide bonds. The second-order valence-electron chi connectivity index (χ2n) is 3.98. The molecule has 1 heterocycles. The summed E-state index contributed by atoms with van der Waals surface area (Å²) in [5.41, 5.74) is 1.95. The first-order valence-electron chi connectivity index (χ1n) is 5.74. The fourth-order valence-corrected chi connectivity index (χ4v) is 1.59. The van der Waals surface area contributed by atoms with Gasteiger partial charge < -0.3 is 5.32 Å². The molecule has 84 valence electrons. The van der Waals surface area contributed by atoms with E-state index in [1.165, 1.54) is 12.8 Å². The molecule has 0 fully saturated rings. The zero-order valence-corrected chi connectivity index (χ0v) is 10.2. The molecule has 0 saturated carbocycles. The smallest absolute Gasteiger partial charge is 0.147 e. The van der Waals surface area contributed by atoms with Crippen molar-refractivity contribution in [1.29, 1.82) is 0 Å². The zero-order chi connectivity index (χ0) is 11.3. The third-order valence-electron chi connectivity index (χ3n) is 2.55. The SMILES string of the molecule is CCCC(CC)Nc1nc(C)cnc1C. The summed E-state index contributed by atoms with van der Waals surface area (Å²) < 4.78 is 0. The molecule has 15 heavy (non-hydrogen) atoms. The van der Waals surface area contributed by atoms with Gasteiger partial charge in [-0.3, -0.25) is 4.98 Å². The fraction of sp³-hybridized carbons (Fsp3) is 0.667. The Kier molecular flexibility index (Phi) is 4.53. The maximum atomic E-state index is 4.47. The summed E-state index contributed by atoms with van der Waals surface area (Å²) in [5, 5.41) is 3.47. The van der Waals surface area contributed by atoms with Crippen molar-refractivity contribution >= 4 is 5.82 Å². The van der Waals surface area contributed by atoms with Crippen molar-refractivity contribution in [1.82, 2.24) is 9.97 Å². The molecule has 1 unspecified atom stereocenters. The number of aromatic nitrogens is 2. The fourth-order valence-electron chi connectivity index (χ4n) is 1.59. The number of rotatable bonds is 5. The summed E-state index contributed by atoms with van der Waals surface area (Å²) in [6.45, 7) is 8.37. The Labute approximate surface area is 92.3 Å². The molecule has 0 radical (unpaired) electrons. The highest BCUT2D eigenvalue weighted by molar-refractivity contribution is 5.40. The summed E-state index contributed by atoms with van der Waals surface area (Å²) in [7, 11) is 0. The Balaban J connectivity index is 2.73. The number of hydrogen-bond acceptors (Lipinski definition) is 3. The molecule has 0 spiro atoms. The number of nitrogens with zero attached hydrogens (tertiary/aromatic N) is 2. The van der Waals surface area contributed by atoms with Crippen molar-refractivity contribution in [3.8, 4) is 0 Å². The summed E-state index contributed by atoms with van der Waals surface area (Å²) in [4.78, 5) is 8.77. The van der Waals surface area contributed by atoms with Gasteiger partial charge in [0.1, 0.15) is 5.82 Å². The van der Waals surface area contributed by atoms with Gasteiger partial charge in [0.05, 0.1) is 11.4 Å². The number of nitrogens with one attached hydrogen (secondary N) is 1. The Morgan fingerprint density at radius 3 is 2.67 bits per heavy atom. The van der Waals surface area contributed by atoms with E-state index in [1.807, 2.05) is 13.8 Å². The van der Waals surface area contributed by atoms with E-state index in [9.17, 15) is 0 Å². The van der Waals surface area contributed by atoms with Crippen molar-refractivity contribution < 1.29 is 0 Å². The van der Waals surface area contributed by atoms with Crippen LogP contribution >= 0.6 is 0 Å². The molecule has 0 saturated heterocycles. The van der Waals surface area contributed by atoms with Gasteiger partial charge in [0, 0.05) is 12.2 Å². The monoisotopic (exact) mass is 207 g/mol. The largest absolute Gasteiger partial charge is 0.366 e. The molecule has 1 aromatic heterocycles. The predicted octanol–water partition coefficient (Wildman–Crippen LogP) is 3.08. The van der Waals surface area contributed by atoms with Crippen LogP contribution < -0.4 is 5.32 Å². The lowest BCUT2D eigenvalue weighted by Gasteiger charge is -2.17. The minimum Gasteiger partial charge on any atom is -0.366 e. The third-order valence-corrected chi connectivity index (χ3v) is 2.55. The lowest BCUT2D eigenvalue weighted by atomic mass is 10.1. The van der Waals surface area contributed by atoms with Crippen molar-refractivity contribution in [2.75, 3.05) is 5.32 Å². The van der Waals surface area contributed by atoms with Crippen LogP contribution in [0.15, 0.2) is 6.20 Å². The molecule has 0 aliphatic rings. The van der Waals surface area contributed by atoms with Crippen LogP contribution in [0.5, 0.6) is 0 Å². The van der Waals surface area contributed by atoms with Crippen LogP contribution in [0, 0.1) is 13.8 Å². The van der Waals surface area contributed by atoms with E-state index >= 15 is 0 Å². The molecule has 3 heteroatoms. The normalized spacial score (nSPS) is 12.5. The lowest BCUT2D eigenvalue weighted by molar-refractivity contribution is 0.619. The highest BCUT2D eigenvalue weighted by Crippen LogP contribution is 2.13. The van der Waals surface area contributed by atoms with Gasteiger partial charge in [-0.15, -0.1) is 0 Å². The molecule has 0 aliphatic heterocycles. The molecule has 1 atom stereocenters. The maximum Gasteiger partial charge on any atom is 0.147 e. The highest BCUT2D eigenvalue weighted by atomic mass is 15.0. The molecule has 0 bridgehead atoms. The Hall–Kier alpha value is -1.12. The van der Waals surface area contributed by atoms with Crippen LogP contribution in [0.1, 0.15) is 44.5 Å². The number of hydrogen-bond donors (Lipinski definition) is 1. The minimum absolute atomic E-state index is 0.518. The summed E-state index contributed by atoms with van der Waals surface area (Å²) in [6.07, 6.45) is 5.32. The Morgan fingerprint density at radius 1 is 1.33 bits per heavy atom. The second-order valence-corrected chi connectivity index (χ2v) is 3.98. The van der Waals surface area contributed by atoms with Crippen molar-refractivity contribution in [3.05, 3.63) is 17.6 Å². The van der Waals surface area contributed by atoms with E-state index in [4.69, 9.17) is 0 Å². The van der Waals surface area contributed by atoms with Gasteiger partial charge in [-0.05, 0) is 26.7 Å². The summed E-state index contributed by atoms with van der Waals surface area (Å²) in [5.74, 6) is 0.940. The van der Waals surface area contributed by atoms with Gasteiger partial charge in [0.25, 0.3) is 0 Å². The molecule has 1 rings (SSSR count). The van der Waals surface area contributed by atoms with E-state index in [1.54, 1.807) is 6.20 Å². The Morgan fingerprint density at radius 2 is 2.07 bits per heavy atom. The first-order valence-corrected chi connectivity index (χ1v) is 5.74. The number of aryl methyl sites for hydroxylation is 2. The Bertz CT molecular complexity index is 310. The molecular weight excluding hydrogens is 186 g/mol. The topological polar surface area (TPSA) is 37.8 Å². The molecule has 1 aromatic rings. The zero-order valence-electron chi connectivity index (χ0n) is 10.2. The predicted molar refractivity (Wildman–Crippen MR) is 64.1 cm³/mol. The van der Waals surface area contributed by atoms with Gasteiger partial charge in [0.2, 0.25) is 0 Å². The van der Waals surface area contributed by atoms with Crippen LogP contribution in [-0.2, 0) is 0 Å². The molecule has 0 aromatic carbocycles. The van der Waals surface area contributed by atoms with Crippen molar-refractivity contribution in [2.45, 2.75) is 53.0 Å². The van der Waals surface area contributed by atoms with Gasteiger partial charge >= 0.3 is 0 Å². The maximum absolute atomic E-state index is 4.47. The minimum atomic E-state index is 0.518. The van der Waals surface area contributed by atoms with Gasteiger partial charge in [0.15, 0.2) is 0 Å². The van der Waals surface area contributed by atoms with E-state index in [0.717, 1.165) is 23.6 Å². The van der Waals surface area contributed by atoms with Crippen LogP contribution in [0.2, 0.25) is 0 Å². The van der Waals surface area contributed by atoms with Gasteiger partial charge in [-0.2, -0.15) is 0 Å². The molecule has 1 N–H and O–H groups in total. The summed E-state index contributed by atoms with van der Waals surface area (Å²) in [6, 6.07) is 0.518. The van der Waals surface area contributed by atoms with E-state index in [0.29, 0.717) is 6.04 Å². The van der Waals surface area contributed by atoms with Crippen molar-refractivity contribution in [2.24, 2.45) is 0 Å². The standard InChI is InChI=1S/C12H21N3/c1-5-7-11(6-2)15-12-10(4)13-8-9(3)14-12/h8,11H,5-7H2,1-4H3,(H,14,15). The quantitative estimate of drug-likeness (QED) is 0.806. The highest BCUT2D eigenvalue weighted by Gasteiger charge is 2.08. The second kappa shape index (κ2) is 5.69. The average Bonchev–Trinajstić information content (AvgIpc) is 2.22. The number of anilines is 1. The van der Waals surface area contributed by atoms with Crippen LogP contribution in [0.25, 0.3) is 0 Å². The van der Waals surface area contributed by atoms with Crippen LogP contribution in [0.4, 0.5) is 5.82 Å². The first kappa shape index (κ1) is 12.0. The molecule has 3 nitrogen and oxygen atoms in total. The van der Waals surface area contributed by atoms with E-state index < -0.39 is 0 Å². The van der Waals surface area contributed by atoms with E-state index in [-0.39, 0.29) is 0 Å². The lowest BCUT2D eigenvalue weighted by Crippen LogP contribution is -2.20. The van der Waals surface area contributed by atoms with Gasteiger partial charge in [-0.25, -0.2) is 4.98 Å². The molecule has 0 aliphatic carbocycles. The van der Waals surface area contributed by atoms with E-state index in [2.05, 4.69) is 29.1 Å². The average molecular weight is 207 g/mol. The third kappa shape index (κ3) is 3.50. The molecular formula is C12H21N3. The summed E-state index contributed by atoms with van der Waals surface area (Å²) >= 11 is 0. The van der Waals surface area contributed by atoms with Crippen LogP contribution in [-0.4, -0.2) is 16.0 Å². The van der Waals surface area contributed by atoms with Crippen molar-refractivity contribution in [3.63, 3.8) is 0 Å². The van der Waals surface area contributed by atoms with Gasteiger partial charge in [-0.1, -0.05) is 20.3 Å². The first-order chi connectivity index (χ1) is 7.17.